The highest BCUT2D eigenvalue weighted by atomic mass is 32.1. The highest BCUT2D eigenvalue weighted by Crippen LogP contribution is 2.16. The molecule has 100 valence electrons. The van der Waals surface area contributed by atoms with Crippen LogP contribution in [0.25, 0.3) is 11.2 Å². The van der Waals surface area contributed by atoms with E-state index in [9.17, 15) is 8.78 Å². The normalized spacial score (nSPS) is 11.8. The first kappa shape index (κ1) is 13.2. The Hall–Kier alpha value is -1.28. The molecule has 0 aliphatic carbocycles. The average molecular weight is 276 g/mol. The average Bonchev–Trinajstić information content (AvgIpc) is 2.74. The standard InChI is InChI=1S/C10H14F2N4OS/c1-6-8-9(15(2)14-6)16(10(18)13-8)3-4-17-5-7(11)12/h7H,3-5H2,1-2H3,(H,13,18). The molecule has 0 unspecified atom stereocenters. The van der Waals surface area contributed by atoms with E-state index in [1.165, 1.54) is 0 Å². The van der Waals surface area contributed by atoms with Crippen molar-refractivity contribution in [1.82, 2.24) is 19.3 Å². The molecule has 0 aliphatic heterocycles. The van der Waals surface area contributed by atoms with Gasteiger partial charge in [0.05, 0.1) is 18.8 Å². The Kier molecular flexibility index (Phi) is 3.76. The van der Waals surface area contributed by atoms with E-state index in [0.717, 1.165) is 16.9 Å². The molecule has 18 heavy (non-hydrogen) atoms. The highest BCUT2D eigenvalue weighted by molar-refractivity contribution is 7.71. The summed E-state index contributed by atoms with van der Waals surface area (Å²) in [5.41, 5.74) is 2.57. The zero-order valence-corrected chi connectivity index (χ0v) is 10.9. The summed E-state index contributed by atoms with van der Waals surface area (Å²) < 4.78 is 32.8. The van der Waals surface area contributed by atoms with Crippen LogP contribution in [-0.4, -0.2) is 39.0 Å². The van der Waals surface area contributed by atoms with E-state index in [1.54, 1.807) is 9.25 Å². The van der Waals surface area contributed by atoms with Gasteiger partial charge in [0.1, 0.15) is 12.1 Å². The number of hydrogen-bond donors (Lipinski definition) is 1. The van der Waals surface area contributed by atoms with Crippen LogP contribution in [0.15, 0.2) is 0 Å². The number of fused-ring (bicyclic) bond motifs is 1. The van der Waals surface area contributed by atoms with E-state index in [-0.39, 0.29) is 6.61 Å². The first-order chi connectivity index (χ1) is 8.50. The third kappa shape index (κ3) is 2.44. The maximum atomic E-state index is 11.9. The number of imidazole rings is 1. The Morgan fingerprint density at radius 2 is 2.22 bits per heavy atom. The molecule has 0 fully saturated rings. The molecule has 2 rings (SSSR count). The van der Waals surface area contributed by atoms with Crippen molar-refractivity contribution in [2.45, 2.75) is 19.9 Å². The van der Waals surface area contributed by atoms with Gasteiger partial charge >= 0.3 is 0 Å². The van der Waals surface area contributed by atoms with Gasteiger partial charge < -0.3 is 9.72 Å². The summed E-state index contributed by atoms with van der Waals surface area (Å²) in [5, 5.41) is 4.27. The maximum Gasteiger partial charge on any atom is 0.261 e. The SMILES string of the molecule is Cc1nn(C)c2c1[nH]c(=S)n2CCOCC(F)F. The molecule has 2 heterocycles. The van der Waals surface area contributed by atoms with Crippen molar-refractivity contribution in [2.75, 3.05) is 13.2 Å². The number of nitrogens with one attached hydrogen (secondary N) is 1. The van der Waals surface area contributed by atoms with Crippen LogP contribution in [0, 0.1) is 11.7 Å². The summed E-state index contributed by atoms with van der Waals surface area (Å²) in [6, 6.07) is 0. The van der Waals surface area contributed by atoms with Crippen LogP contribution in [0.4, 0.5) is 8.78 Å². The zero-order chi connectivity index (χ0) is 13.3. The molecule has 2 aromatic heterocycles. The summed E-state index contributed by atoms with van der Waals surface area (Å²) in [6.45, 7) is 1.94. The van der Waals surface area contributed by atoms with Crippen LogP contribution in [-0.2, 0) is 18.3 Å². The Labute approximate surface area is 107 Å². The maximum absolute atomic E-state index is 11.9. The van der Waals surface area contributed by atoms with Gasteiger partial charge in [0.25, 0.3) is 6.43 Å². The second-order valence-corrected chi connectivity index (χ2v) is 4.34. The van der Waals surface area contributed by atoms with Gasteiger partial charge in [-0.15, -0.1) is 0 Å². The lowest BCUT2D eigenvalue weighted by atomic mass is 10.4. The smallest absolute Gasteiger partial charge is 0.261 e. The monoisotopic (exact) mass is 276 g/mol. The van der Waals surface area contributed by atoms with Gasteiger partial charge in [0, 0.05) is 7.05 Å². The van der Waals surface area contributed by atoms with Gasteiger partial charge in [-0.1, -0.05) is 0 Å². The largest absolute Gasteiger partial charge is 0.374 e. The molecule has 0 atom stereocenters. The van der Waals surface area contributed by atoms with Crippen LogP contribution < -0.4 is 0 Å². The topological polar surface area (TPSA) is 47.8 Å². The predicted molar refractivity (Wildman–Crippen MR) is 65.4 cm³/mol. The minimum atomic E-state index is -2.44. The summed E-state index contributed by atoms with van der Waals surface area (Å²) in [4.78, 5) is 3.06. The third-order valence-corrected chi connectivity index (χ3v) is 2.95. The first-order valence-corrected chi connectivity index (χ1v) is 5.89. The number of aryl methyl sites for hydroxylation is 2. The van der Waals surface area contributed by atoms with Gasteiger partial charge in [-0.3, -0.25) is 9.25 Å². The molecule has 0 spiro atoms. The molecular formula is C10H14F2N4OS. The van der Waals surface area contributed by atoms with Gasteiger partial charge in [0.2, 0.25) is 0 Å². The molecule has 5 nitrogen and oxygen atoms in total. The van der Waals surface area contributed by atoms with Crippen LogP contribution in [0.3, 0.4) is 0 Å². The summed E-state index contributed by atoms with van der Waals surface area (Å²) in [7, 11) is 1.81. The van der Waals surface area contributed by atoms with E-state index >= 15 is 0 Å². The number of halogens is 2. The van der Waals surface area contributed by atoms with Crippen LogP contribution in [0.1, 0.15) is 5.69 Å². The fraction of sp³-hybridized carbons (Fsp3) is 0.600. The number of ether oxygens (including phenoxy) is 1. The number of H-pyrrole nitrogens is 1. The quantitative estimate of drug-likeness (QED) is 0.671. The molecule has 8 heteroatoms. The van der Waals surface area contributed by atoms with Crippen molar-refractivity contribution < 1.29 is 13.5 Å². The number of hydrogen-bond acceptors (Lipinski definition) is 3. The lowest BCUT2D eigenvalue weighted by molar-refractivity contribution is 0.0149. The number of aromatic nitrogens is 4. The second-order valence-electron chi connectivity index (χ2n) is 3.96. The summed E-state index contributed by atoms with van der Waals surface area (Å²) >= 11 is 5.19. The predicted octanol–water partition coefficient (Wildman–Crippen LogP) is 2.02. The van der Waals surface area contributed by atoms with E-state index in [4.69, 9.17) is 17.0 Å². The molecule has 1 N–H and O–H groups in total. The van der Waals surface area contributed by atoms with Crippen molar-refractivity contribution in [1.29, 1.82) is 0 Å². The lowest BCUT2D eigenvalue weighted by Gasteiger charge is -2.06. The number of aromatic amines is 1. The first-order valence-electron chi connectivity index (χ1n) is 5.48. The molecule has 0 bridgehead atoms. The highest BCUT2D eigenvalue weighted by Gasteiger charge is 2.12. The Balaban J connectivity index is 2.17. The van der Waals surface area contributed by atoms with Gasteiger partial charge in [-0.05, 0) is 19.1 Å². The zero-order valence-electron chi connectivity index (χ0n) is 10.1. The minimum absolute atomic E-state index is 0.190. The molecule has 0 aliphatic rings. The number of rotatable bonds is 5. The lowest BCUT2D eigenvalue weighted by Crippen LogP contribution is -2.12. The fourth-order valence-electron chi connectivity index (χ4n) is 1.91. The van der Waals surface area contributed by atoms with Crippen molar-refractivity contribution in [3.8, 4) is 0 Å². The van der Waals surface area contributed by atoms with E-state index < -0.39 is 13.0 Å². The van der Waals surface area contributed by atoms with E-state index in [2.05, 4.69) is 10.1 Å². The molecule has 0 aromatic carbocycles. The third-order valence-electron chi connectivity index (χ3n) is 2.63. The fourth-order valence-corrected chi connectivity index (χ4v) is 2.19. The van der Waals surface area contributed by atoms with Crippen LogP contribution >= 0.6 is 12.2 Å². The number of nitrogens with zero attached hydrogens (tertiary/aromatic N) is 3. The van der Waals surface area contributed by atoms with Crippen molar-refractivity contribution in [3.63, 3.8) is 0 Å². The summed E-state index contributed by atoms with van der Waals surface area (Å²) in [5.74, 6) is 0. The van der Waals surface area contributed by atoms with Crippen molar-refractivity contribution >= 4 is 23.4 Å². The van der Waals surface area contributed by atoms with Crippen molar-refractivity contribution in [2.24, 2.45) is 7.05 Å². The van der Waals surface area contributed by atoms with E-state index in [1.807, 2.05) is 14.0 Å². The van der Waals surface area contributed by atoms with Crippen LogP contribution in [0.2, 0.25) is 0 Å². The molecular weight excluding hydrogens is 262 g/mol. The number of alkyl halides is 2. The molecule has 0 saturated heterocycles. The Morgan fingerprint density at radius 3 is 2.89 bits per heavy atom. The molecule has 0 amide bonds. The van der Waals surface area contributed by atoms with Gasteiger partial charge in [0.15, 0.2) is 10.4 Å². The minimum Gasteiger partial charge on any atom is -0.374 e. The molecule has 0 saturated carbocycles. The summed E-state index contributed by atoms with van der Waals surface area (Å²) in [6.07, 6.45) is -2.44. The molecule has 2 aromatic rings. The Morgan fingerprint density at radius 1 is 1.50 bits per heavy atom. The van der Waals surface area contributed by atoms with E-state index in [0.29, 0.717) is 11.3 Å². The van der Waals surface area contributed by atoms with Gasteiger partial charge in [-0.2, -0.15) is 5.10 Å². The van der Waals surface area contributed by atoms with Gasteiger partial charge in [-0.25, -0.2) is 8.78 Å². The van der Waals surface area contributed by atoms with Crippen LogP contribution in [0.5, 0.6) is 0 Å². The Bertz CT molecular complexity index is 601. The van der Waals surface area contributed by atoms with Crippen molar-refractivity contribution in [3.05, 3.63) is 10.5 Å². The molecule has 0 radical (unpaired) electrons. The second kappa shape index (κ2) is 5.15.